The normalized spacial score (nSPS) is 20.1. The van der Waals surface area contributed by atoms with Crippen LogP contribution in [0.15, 0.2) is 23.3 Å². The molecule has 0 saturated carbocycles. The van der Waals surface area contributed by atoms with Crippen molar-refractivity contribution >= 4 is 39.2 Å². The molecule has 1 atom stereocenters. The smallest absolute Gasteiger partial charge is 0.273 e. The molecule has 1 aromatic carbocycles. The first kappa shape index (κ1) is 16.4. The van der Waals surface area contributed by atoms with E-state index < -0.39 is 26.6 Å². The first-order valence-electron chi connectivity index (χ1n) is 6.26. The third-order valence-electron chi connectivity index (χ3n) is 3.16. The molecule has 0 bridgehead atoms. The zero-order valence-electron chi connectivity index (χ0n) is 11.2. The molecule has 1 heterocycles. The summed E-state index contributed by atoms with van der Waals surface area (Å²) in [5.41, 5.74) is 2.36. The minimum atomic E-state index is -3.14. The Hall–Kier alpha value is -2.00. The Labute approximate surface area is 131 Å². The van der Waals surface area contributed by atoms with Crippen molar-refractivity contribution in [2.75, 3.05) is 11.5 Å². The Bertz CT molecular complexity index is 747. The predicted octanol–water partition coefficient (Wildman–Crippen LogP) is 1.13. The van der Waals surface area contributed by atoms with Crippen molar-refractivity contribution in [1.29, 1.82) is 0 Å². The molecule has 2 rings (SSSR count). The van der Waals surface area contributed by atoms with Gasteiger partial charge in [-0.15, -0.1) is 0 Å². The molecule has 10 heteroatoms. The lowest BCUT2D eigenvalue weighted by Gasteiger charge is -2.04. The van der Waals surface area contributed by atoms with Crippen LogP contribution in [0.25, 0.3) is 0 Å². The highest BCUT2D eigenvalue weighted by Crippen LogP contribution is 2.24. The number of halogens is 1. The maximum Gasteiger partial charge on any atom is 0.288 e. The Morgan fingerprint density at radius 3 is 2.82 bits per heavy atom. The topological polar surface area (TPSA) is 119 Å². The summed E-state index contributed by atoms with van der Waals surface area (Å²) in [6.45, 7) is 0. The van der Waals surface area contributed by atoms with Gasteiger partial charge in [-0.3, -0.25) is 14.9 Å². The van der Waals surface area contributed by atoms with Crippen LogP contribution in [0.3, 0.4) is 0 Å². The zero-order chi connectivity index (χ0) is 16.3. The predicted molar refractivity (Wildman–Crippen MR) is 80.6 cm³/mol. The van der Waals surface area contributed by atoms with E-state index >= 15 is 0 Å². The molecule has 0 aromatic heterocycles. The van der Waals surface area contributed by atoms with Crippen LogP contribution in [-0.2, 0) is 14.6 Å². The summed E-state index contributed by atoms with van der Waals surface area (Å²) >= 11 is 5.68. The molecule has 118 valence electrons. The van der Waals surface area contributed by atoms with Gasteiger partial charge in [0.1, 0.15) is 5.02 Å². The number of amides is 1. The number of carbonyl (C=O) groups is 1. The molecule has 0 radical (unpaired) electrons. The quantitative estimate of drug-likeness (QED) is 0.498. The van der Waals surface area contributed by atoms with E-state index in [0.717, 1.165) is 0 Å². The number of rotatable bonds is 4. The molecule has 1 fully saturated rings. The largest absolute Gasteiger partial charge is 0.288 e. The van der Waals surface area contributed by atoms with Crippen LogP contribution in [-0.4, -0.2) is 37.0 Å². The molecule has 1 aromatic rings. The van der Waals surface area contributed by atoms with E-state index in [1.165, 1.54) is 24.4 Å². The van der Waals surface area contributed by atoms with Gasteiger partial charge in [-0.1, -0.05) is 17.7 Å². The third kappa shape index (κ3) is 4.01. The fourth-order valence-electron chi connectivity index (χ4n) is 2.01. The number of nitro benzene ring substituents is 1. The number of sulfone groups is 1. The van der Waals surface area contributed by atoms with Gasteiger partial charge in [-0.05, 0) is 12.5 Å². The standard InChI is InChI=1S/C12H12ClN3O5S/c13-10-2-1-8(5-11(10)16(18)19)6-14-15-12(17)9-3-4-22(20,21)7-9/h1-2,5-6,9H,3-4,7H2,(H,15,17)/b14-6-/t9-/m1/s1. The van der Waals surface area contributed by atoms with Crippen LogP contribution in [0, 0.1) is 16.0 Å². The van der Waals surface area contributed by atoms with Crippen molar-refractivity contribution in [2.24, 2.45) is 11.0 Å². The summed E-state index contributed by atoms with van der Waals surface area (Å²) in [7, 11) is -3.14. The number of hydrogen-bond donors (Lipinski definition) is 1. The molecule has 0 unspecified atom stereocenters. The summed E-state index contributed by atoms with van der Waals surface area (Å²) in [4.78, 5) is 21.9. The number of nitro groups is 1. The molecule has 0 aliphatic carbocycles. The van der Waals surface area contributed by atoms with Crippen molar-refractivity contribution < 1.29 is 18.1 Å². The van der Waals surface area contributed by atoms with Gasteiger partial charge < -0.3 is 0 Å². The summed E-state index contributed by atoms with van der Waals surface area (Å²) < 4.78 is 22.6. The second kappa shape index (κ2) is 6.41. The van der Waals surface area contributed by atoms with Crippen molar-refractivity contribution in [3.05, 3.63) is 38.9 Å². The van der Waals surface area contributed by atoms with Crippen LogP contribution < -0.4 is 5.43 Å². The summed E-state index contributed by atoms with van der Waals surface area (Å²) in [5.74, 6) is -1.28. The molecule has 1 amide bonds. The summed E-state index contributed by atoms with van der Waals surface area (Å²) in [6.07, 6.45) is 1.50. The number of hydrazone groups is 1. The highest BCUT2D eigenvalue weighted by atomic mass is 35.5. The number of benzene rings is 1. The highest BCUT2D eigenvalue weighted by molar-refractivity contribution is 7.91. The Kier molecular flexibility index (Phi) is 4.77. The number of hydrogen-bond acceptors (Lipinski definition) is 6. The molecule has 22 heavy (non-hydrogen) atoms. The summed E-state index contributed by atoms with van der Waals surface area (Å²) in [6, 6.07) is 4.08. The first-order chi connectivity index (χ1) is 10.3. The van der Waals surface area contributed by atoms with Gasteiger partial charge in [-0.2, -0.15) is 5.10 Å². The summed E-state index contributed by atoms with van der Waals surface area (Å²) in [5, 5.41) is 14.4. The van der Waals surface area contributed by atoms with Crippen LogP contribution in [0.4, 0.5) is 5.69 Å². The highest BCUT2D eigenvalue weighted by Gasteiger charge is 2.32. The van der Waals surface area contributed by atoms with Crippen molar-refractivity contribution in [2.45, 2.75) is 6.42 Å². The van der Waals surface area contributed by atoms with Gasteiger partial charge in [0.2, 0.25) is 5.91 Å². The fourth-order valence-corrected chi connectivity index (χ4v) is 3.94. The molecule has 0 spiro atoms. The zero-order valence-corrected chi connectivity index (χ0v) is 12.8. The van der Waals surface area contributed by atoms with Gasteiger partial charge in [0.05, 0.1) is 28.6 Å². The molecule has 1 N–H and O–H groups in total. The minimum Gasteiger partial charge on any atom is -0.273 e. The van der Waals surface area contributed by atoms with E-state index in [4.69, 9.17) is 11.6 Å². The fraction of sp³-hybridized carbons (Fsp3) is 0.333. The Balaban J connectivity index is 2.00. The van der Waals surface area contributed by atoms with Crippen molar-refractivity contribution in [3.63, 3.8) is 0 Å². The van der Waals surface area contributed by atoms with Gasteiger partial charge in [-0.25, -0.2) is 13.8 Å². The number of carbonyl (C=O) groups excluding carboxylic acids is 1. The van der Waals surface area contributed by atoms with Crippen LogP contribution in [0.2, 0.25) is 5.02 Å². The van der Waals surface area contributed by atoms with Crippen LogP contribution in [0.5, 0.6) is 0 Å². The minimum absolute atomic E-state index is 0.00181. The average Bonchev–Trinajstić information content (AvgIpc) is 2.80. The molecule has 1 aliphatic rings. The lowest BCUT2D eigenvalue weighted by atomic mass is 10.1. The van der Waals surface area contributed by atoms with E-state index in [9.17, 15) is 23.3 Å². The maximum atomic E-state index is 11.7. The Morgan fingerprint density at radius 1 is 1.50 bits per heavy atom. The second-order valence-corrected chi connectivity index (χ2v) is 7.44. The maximum absolute atomic E-state index is 11.7. The van der Waals surface area contributed by atoms with E-state index in [-0.39, 0.29) is 28.6 Å². The van der Waals surface area contributed by atoms with E-state index in [1.807, 2.05) is 0 Å². The van der Waals surface area contributed by atoms with Crippen molar-refractivity contribution in [1.82, 2.24) is 5.43 Å². The van der Waals surface area contributed by atoms with Gasteiger partial charge in [0, 0.05) is 11.6 Å². The molecular weight excluding hydrogens is 334 g/mol. The van der Waals surface area contributed by atoms with Crippen LogP contribution >= 0.6 is 11.6 Å². The van der Waals surface area contributed by atoms with Crippen LogP contribution in [0.1, 0.15) is 12.0 Å². The number of nitrogens with zero attached hydrogens (tertiary/aromatic N) is 2. The van der Waals surface area contributed by atoms with Gasteiger partial charge in [0.25, 0.3) is 5.69 Å². The third-order valence-corrected chi connectivity index (χ3v) is 5.25. The number of nitrogens with one attached hydrogen (secondary N) is 1. The molecule has 1 aliphatic heterocycles. The lowest BCUT2D eigenvalue weighted by molar-refractivity contribution is -0.384. The van der Waals surface area contributed by atoms with Crippen molar-refractivity contribution in [3.8, 4) is 0 Å². The monoisotopic (exact) mass is 345 g/mol. The van der Waals surface area contributed by atoms with Gasteiger partial charge >= 0.3 is 0 Å². The SMILES string of the molecule is O=C(N/N=C\c1ccc(Cl)c([N+](=O)[O-])c1)[C@@H]1CCS(=O)(=O)C1. The van der Waals surface area contributed by atoms with E-state index in [1.54, 1.807) is 0 Å². The van der Waals surface area contributed by atoms with Gasteiger partial charge in [0.15, 0.2) is 9.84 Å². The van der Waals surface area contributed by atoms with E-state index in [0.29, 0.717) is 5.56 Å². The molecule has 1 saturated heterocycles. The average molecular weight is 346 g/mol. The molecule has 8 nitrogen and oxygen atoms in total. The lowest BCUT2D eigenvalue weighted by Crippen LogP contribution is -2.27. The van der Waals surface area contributed by atoms with E-state index in [2.05, 4.69) is 10.5 Å². The molecular formula is C12H12ClN3O5S. The second-order valence-electron chi connectivity index (χ2n) is 4.80. The first-order valence-corrected chi connectivity index (χ1v) is 8.46. The Morgan fingerprint density at radius 2 is 2.23 bits per heavy atom.